The zero-order chi connectivity index (χ0) is 39.8. The van der Waals surface area contributed by atoms with Crippen LogP contribution in [-0.2, 0) is 43.9 Å². The average Bonchev–Trinajstić information content (AvgIpc) is 3.67. The molecule has 6 aromatic rings. The molecule has 1 fully saturated rings. The smallest absolute Gasteiger partial charge is 0.241 e. The van der Waals surface area contributed by atoms with Crippen molar-refractivity contribution in [1.29, 1.82) is 0 Å². The maximum atomic E-state index is 13.6. The Hall–Kier alpha value is -4.73. The molecule has 1 aliphatic heterocycles. The van der Waals surface area contributed by atoms with E-state index in [4.69, 9.17) is 9.47 Å². The number of ether oxygens (including phenoxy) is 2. The molecule has 1 aromatic heterocycles. The Morgan fingerprint density at radius 1 is 0.825 bits per heavy atom. The number of nitrogens with zero attached hydrogens (tertiary/aromatic N) is 2. The van der Waals surface area contributed by atoms with Gasteiger partial charge in [0, 0.05) is 24.3 Å². The third-order valence-electron chi connectivity index (χ3n) is 9.65. The quantitative estimate of drug-likeness (QED) is 0.0884. The van der Waals surface area contributed by atoms with Crippen LogP contribution in [0.2, 0.25) is 0 Å². The third kappa shape index (κ3) is 10.8. The first-order chi connectivity index (χ1) is 27.6. The van der Waals surface area contributed by atoms with Gasteiger partial charge in [0.25, 0.3) is 0 Å². The first kappa shape index (κ1) is 40.5. The van der Waals surface area contributed by atoms with Crippen LogP contribution in [0, 0.1) is 13.8 Å². The minimum atomic E-state index is -3.96. The van der Waals surface area contributed by atoms with Gasteiger partial charge in [-0.1, -0.05) is 138 Å². The SMILES string of the molecule is Cc1ccc(S(=O)(=O)N[C@H](Cc2ccccc2)C(=O)NCc2cccc(-c3ccc([C@@H]4O[C@H](CSc5nnc(C)s5)C[C@H](c5ccc(CO)cc5)O4)cc3)c2)cc1. The standard InChI is InChI=1S/C44H44N4O6S3/c1-29-11-21-39(22-12-29)57(51,52)48-40(24-31-7-4-3-5-8-31)42(50)45-26-33-9-6-10-37(23-33)34-17-19-36(20-18-34)43-53-38(28-55-44-47-46-30(2)56-44)25-41(54-43)35-15-13-32(27-49)14-16-35/h3-23,38,40-41,43,48-49H,24-28H2,1-2H3,(H,45,50)/t38-,40+,41+,43+/m0/s1. The van der Waals surface area contributed by atoms with Crippen molar-refractivity contribution in [2.75, 3.05) is 5.75 Å². The summed E-state index contributed by atoms with van der Waals surface area (Å²) in [5.41, 5.74) is 7.34. The number of sulfonamides is 1. The summed E-state index contributed by atoms with van der Waals surface area (Å²) in [6.07, 6.45) is -0.0248. The van der Waals surface area contributed by atoms with Crippen LogP contribution in [0.1, 0.15) is 57.2 Å². The number of nitrogens with one attached hydrogen (secondary N) is 2. The maximum absolute atomic E-state index is 13.6. The number of carbonyl (C=O) groups excluding carboxylic acids is 1. The molecule has 2 heterocycles. The van der Waals surface area contributed by atoms with Crippen LogP contribution in [-0.4, -0.2) is 47.5 Å². The third-order valence-corrected chi connectivity index (χ3v) is 13.2. The summed E-state index contributed by atoms with van der Waals surface area (Å²) in [4.78, 5) is 13.7. The molecule has 0 aliphatic carbocycles. The number of aliphatic hydroxyl groups excluding tert-OH is 1. The summed E-state index contributed by atoms with van der Waals surface area (Å²) in [5, 5.41) is 21.8. The van der Waals surface area contributed by atoms with Gasteiger partial charge in [0.15, 0.2) is 10.6 Å². The molecule has 294 valence electrons. The van der Waals surface area contributed by atoms with E-state index in [1.54, 1.807) is 47.4 Å². The Balaban J connectivity index is 1.03. The summed E-state index contributed by atoms with van der Waals surface area (Å²) in [6.45, 7) is 4.02. The van der Waals surface area contributed by atoms with Gasteiger partial charge < -0.3 is 19.9 Å². The Morgan fingerprint density at radius 3 is 2.25 bits per heavy atom. The number of carbonyl (C=O) groups is 1. The van der Waals surface area contributed by atoms with Gasteiger partial charge >= 0.3 is 0 Å². The highest BCUT2D eigenvalue weighted by Crippen LogP contribution is 2.40. The Morgan fingerprint density at radius 2 is 1.54 bits per heavy atom. The number of aromatic nitrogens is 2. The van der Waals surface area contributed by atoms with Gasteiger partial charge in [-0.2, -0.15) is 4.72 Å². The number of hydrogen-bond donors (Lipinski definition) is 3. The van der Waals surface area contributed by atoms with Crippen molar-refractivity contribution in [2.45, 2.75) is 73.6 Å². The average molecular weight is 821 g/mol. The molecule has 1 aliphatic rings. The van der Waals surface area contributed by atoms with E-state index >= 15 is 0 Å². The molecule has 0 spiro atoms. The fourth-order valence-corrected chi connectivity index (χ4v) is 9.59. The minimum absolute atomic E-state index is 0.0178. The molecule has 4 atom stereocenters. The molecular formula is C44H44N4O6S3. The first-order valence-electron chi connectivity index (χ1n) is 18.7. The van der Waals surface area contributed by atoms with Crippen LogP contribution in [0.25, 0.3) is 11.1 Å². The molecule has 0 bridgehead atoms. The fourth-order valence-electron chi connectivity index (χ4n) is 6.54. The zero-order valence-electron chi connectivity index (χ0n) is 31.6. The molecule has 57 heavy (non-hydrogen) atoms. The fraction of sp³-hybridized carbons (Fsp3) is 0.250. The number of rotatable bonds is 15. The van der Waals surface area contributed by atoms with Gasteiger partial charge in [0.1, 0.15) is 11.0 Å². The van der Waals surface area contributed by atoms with E-state index in [1.807, 2.05) is 117 Å². The number of aryl methyl sites for hydroxylation is 2. The topological polar surface area (TPSA) is 140 Å². The van der Waals surface area contributed by atoms with Gasteiger partial charge in [-0.15, -0.1) is 10.2 Å². The van der Waals surface area contributed by atoms with Gasteiger partial charge in [0.05, 0.1) is 23.7 Å². The Kier molecular flexibility index (Phi) is 13.3. The number of hydrogen-bond acceptors (Lipinski definition) is 10. The zero-order valence-corrected chi connectivity index (χ0v) is 34.0. The monoisotopic (exact) mass is 820 g/mol. The number of aliphatic hydroxyl groups is 1. The summed E-state index contributed by atoms with van der Waals surface area (Å²) in [6, 6.07) is 38.7. The lowest BCUT2D eigenvalue weighted by Crippen LogP contribution is -2.47. The van der Waals surface area contributed by atoms with Crippen molar-refractivity contribution < 1.29 is 27.8 Å². The molecule has 0 radical (unpaired) electrons. The van der Waals surface area contributed by atoms with Crippen LogP contribution in [0.15, 0.2) is 137 Å². The van der Waals surface area contributed by atoms with Crippen LogP contribution in [0.3, 0.4) is 0 Å². The Bertz CT molecular complexity index is 2360. The van der Waals surface area contributed by atoms with Crippen molar-refractivity contribution in [2.24, 2.45) is 0 Å². The van der Waals surface area contributed by atoms with Crippen LogP contribution < -0.4 is 10.0 Å². The number of benzene rings is 5. The van der Waals surface area contributed by atoms with Crippen molar-refractivity contribution in [3.8, 4) is 11.1 Å². The van der Waals surface area contributed by atoms with Gasteiger partial charge in [-0.05, 0) is 71.8 Å². The van der Waals surface area contributed by atoms with E-state index < -0.39 is 28.3 Å². The van der Waals surface area contributed by atoms with Gasteiger partial charge in [-0.25, -0.2) is 8.42 Å². The van der Waals surface area contributed by atoms with Crippen LogP contribution >= 0.6 is 23.1 Å². The van der Waals surface area contributed by atoms with E-state index in [1.165, 1.54) is 0 Å². The minimum Gasteiger partial charge on any atom is -0.392 e. The van der Waals surface area contributed by atoms with Gasteiger partial charge in [0.2, 0.25) is 15.9 Å². The highest BCUT2D eigenvalue weighted by molar-refractivity contribution is 8.01. The van der Waals surface area contributed by atoms with E-state index in [-0.39, 0.29) is 36.7 Å². The second-order valence-corrected chi connectivity index (χ2v) is 18.1. The molecule has 1 saturated heterocycles. The predicted octanol–water partition coefficient (Wildman–Crippen LogP) is 7.86. The van der Waals surface area contributed by atoms with Gasteiger partial charge in [-0.3, -0.25) is 4.79 Å². The molecule has 1 amide bonds. The molecule has 3 N–H and O–H groups in total. The lowest BCUT2D eigenvalue weighted by atomic mass is 9.99. The molecule has 10 nitrogen and oxygen atoms in total. The molecule has 5 aromatic carbocycles. The van der Waals surface area contributed by atoms with E-state index in [0.29, 0.717) is 12.2 Å². The van der Waals surface area contributed by atoms with Crippen LogP contribution in [0.5, 0.6) is 0 Å². The largest absolute Gasteiger partial charge is 0.392 e. The number of amides is 1. The molecule has 13 heteroatoms. The predicted molar refractivity (Wildman–Crippen MR) is 223 cm³/mol. The highest BCUT2D eigenvalue weighted by Gasteiger charge is 2.33. The molecule has 0 saturated carbocycles. The summed E-state index contributed by atoms with van der Waals surface area (Å²) in [5.74, 6) is 0.279. The lowest BCUT2D eigenvalue weighted by Gasteiger charge is -2.36. The summed E-state index contributed by atoms with van der Waals surface area (Å²) < 4.78 is 43.3. The van der Waals surface area contributed by atoms with Crippen molar-refractivity contribution in [3.63, 3.8) is 0 Å². The van der Waals surface area contributed by atoms with Crippen molar-refractivity contribution in [3.05, 3.63) is 166 Å². The second kappa shape index (κ2) is 18.7. The second-order valence-electron chi connectivity index (χ2n) is 14.0. The van der Waals surface area contributed by atoms with E-state index in [2.05, 4.69) is 20.2 Å². The molecular weight excluding hydrogens is 777 g/mol. The first-order valence-corrected chi connectivity index (χ1v) is 21.9. The van der Waals surface area contributed by atoms with E-state index in [9.17, 15) is 18.3 Å². The van der Waals surface area contributed by atoms with Crippen LogP contribution in [0.4, 0.5) is 0 Å². The highest BCUT2D eigenvalue weighted by atomic mass is 32.2. The molecule has 7 rings (SSSR count). The Labute approximate surface area is 341 Å². The molecule has 0 unspecified atom stereocenters. The normalized spacial score (nSPS) is 17.6. The summed E-state index contributed by atoms with van der Waals surface area (Å²) in [7, 11) is -3.96. The van der Waals surface area contributed by atoms with Crippen molar-refractivity contribution in [1.82, 2.24) is 20.2 Å². The number of thioether (sulfide) groups is 1. The van der Waals surface area contributed by atoms with E-state index in [0.717, 1.165) is 53.9 Å². The van der Waals surface area contributed by atoms with Crippen molar-refractivity contribution >= 4 is 39.0 Å². The maximum Gasteiger partial charge on any atom is 0.241 e. The summed E-state index contributed by atoms with van der Waals surface area (Å²) >= 11 is 3.20. The lowest BCUT2D eigenvalue weighted by molar-refractivity contribution is -0.245.